The smallest absolute Gasteiger partial charge is 0.255 e. The minimum atomic E-state index is -0.187. The van der Waals surface area contributed by atoms with Crippen LogP contribution in [-0.2, 0) is 0 Å². The van der Waals surface area contributed by atoms with Gasteiger partial charge in [0.25, 0.3) is 5.91 Å². The Morgan fingerprint density at radius 2 is 1.67 bits per heavy atom. The molecule has 0 heterocycles. The van der Waals surface area contributed by atoms with E-state index in [1.54, 1.807) is 18.2 Å². The summed E-state index contributed by atoms with van der Waals surface area (Å²) in [5.41, 5.74) is 2.23. The highest BCUT2D eigenvalue weighted by atomic mass is 16.5. The second-order valence-corrected chi connectivity index (χ2v) is 5.39. The molecule has 0 aromatic heterocycles. The molecule has 128 valence electrons. The molecule has 0 fully saturated rings. The van der Waals surface area contributed by atoms with Gasteiger partial charge in [-0.25, -0.2) is 0 Å². The molecule has 0 radical (unpaired) electrons. The molecule has 2 rings (SSSR count). The van der Waals surface area contributed by atoms with E-state index in [2.05, 4.69) is 5.32 Å². The van der Waals surface area contributed by atoms with Gasteiger partial charge in [0.2, 0.25) is 0 Å². The normalized spacial score (nSPS) is 10.2. The summed E-state index contributed by atoms with van der Waals surface area (Å²) in [5, 5.41) is 2.95. The number of carbonyl (C=O) groups is 1. The van der Waals surface area contributed by atoms with Crippen molar-refractivity contribution in [2.45, 2.75) is 13.8 Å². The summed E-state index contributed by atoms with van der Waals surface area (Å²) >= 11 is 0. The Bertz CT molecular complexity index is 699. The summed E-state index contributed by atoms with van der Waals surface area (Å²) < 4.78 is 11.1. The van der Waals surface area contributed by atoms with Crippen molar-refractivity contribution in [3.8, 4) is 11.5 Å². The fourth-order valence-corrected chi connectivity index (χ4v) is 2.36. The Morgan fingerprint density at radius 3 is 2.33 bits per heavy atom. The van der Waals surface area contributed by atoms with Crippen LogP contribution < -0.4 is 19.7 Å². The highest BCUT2D eigenvalue weighted by Gasteiger charge is 2.13. The Kier molecular flexibility index (Phi) is 6.07. The average molecular weight is 328 g/mol. The summed E-state index contributed by atoms with van der Waals surface area (Å²) in [6.45, 7) is 4.86. The first-order chi connectivity index (χ1) is 11.6. The number of rotatable bonds is 7. The third-order valence-corrected chi connectivity index (χ3v) is 3.44. The molecule has 0 unspecified atom stereocenters. The molecule has 0 aliphatic heterocycles. The van der Waals surface area contributed by atoms with Crippen LogP contribution in [0.25, 0.3) is 0 Å². The molecular formula is C19H24N2O3. The number of anilines is 2. The largest absolute Gasteiger partial charge is 0.490 e. The number of nitrogens with zero attached hydrogens (tertiary/aromatic N) is 1. The van der Waals surface area contributed by atoms with Crippen LogP contribution in [0.15, 0.2) is 42.5 Å². The molecule has 2 aromatic rings. The van der Waals surface area contributed by atoms with Crippen LogP contribution in [0, 0.1) is 0 Å². The molecule has 5 nitrogen and oxygen atoms in total. The number of carbonyl (C=O) groups excluding carboxylic acids is 1. The van der Waals surface area contributed by atoms with E-state index in [0.717, 1.165) is 11.4 Å². The van der Waals surface area contributed by atoms with Crippen LogP contribution in [0.2, 0.25) is 0 Å². The summed E-state index contributed by atoms with van der Waals surface area (Å²) in [6, 6.07) is 12.9. The molecule has 1 N–H and O–H groups in total. The lowest BCUT2D eigenvalue weighted by Crippen LogP contribution is -2.16. The SMILES string of the molecule is CCOc1ccc(C(=O)Nc2ccccc2N(C)C)cc1OCC. The van der Waals surface area contributed by atoms with E-state index < -0.39 is 0 Å². The lowest BCUT2D eigenvalue weighted by molar-refractivity contribution is 0.102. The highest BCUT2D eigenvalue weighted by molar-refractivity contribution is 6.06. The molecule has 0 saturated heterocycles. The zero-order valence-electron chi connectivity index (χ0n) is 14.6. The van der Waals surface area contributed by atoms with Crippen LogP contribution in [0.5, 0.6) is 11.5 Å². The third-order valence-electron chi connectivity index (χ3n) is 3.44. The second kappa shape index (κ2) is 8.24. The van der Waals surface area contributed by atoms with Gasteiger partial charge >= 0.3 is 0 Å². The molecule has 0 atom stereocenters. The monoisotopic (exact) mass is 328 g/mol. The van der Waals surface area contributed by atoms with Gasteiger partial charge in [0.15, 0.2) is 11.5 Å². The molecule has 5 heteroatoms. The Hall–Kier alpha value is -2.69. The maximum Gasteiger partial charge on any atom is 0.255 e. The summed E-state index contributed by atoms with van der Waals surface area (Å²) in [4.78, 5) is 14.5. The zero-order chi connectivity index (χ0) is 17.5. The zero-order valence-corrected chi connectivity index (χ0v) is 14.6. The van der Waals surface area contributed by atoms with Crippen molar-refractivity contribution in [3.63, 3.8) is 0 Å². The minimum Gasteiger partial charge on any atom is -0.490 e. The van der Waals surface area contributed by atoms with Gasteiger partial charge in [0.05, 0.1) is 24.6 Å². The minimum absolute atomic E-state index is 0.187. The van der Waals surface area contributed by atoms with Gasteiger partial charge in [0, 0.05) is 19.7 Å². The van der Waals surface area contributed by atoms with E-state index in [9.17, 15) is 4.79 Å². The highest BCUT2D eigenvalue weighted by Crippen LogP contribution is 2.29. The Balaban J connectivity index is 2.25. The van der Waals surface area contributed by atoms with Crippen LogP contribution in [-0.4, -0.2) is 33.2 Å². The maximum absolute atomic E-state index is 12.6. The van der Waals surface area contributed by atoms with Crippen molar-refractivity contribution in [2.24, 2.45) is 0 Å². The Morgan fingerprint density at radius 1 is 1.00 bits per heavy atom. The van der Waals surface area contributed by atoms with Crippen molar-refractivity contribution < 1.29 is 14.3 Å². The first kappa shape index (κ1) is 17.7. The predicted molar refractivity (Wildman–Crippen MR) is 97.5 cm³/mol. The maximum atomic E-state index is 12.6. The molecule has 0 spiro atoms. The lowest BCUT2D eigenvalue weighted by Gasteiger charge is -2.18. The van der Waals surface area contributed by atoms with Crippen molar-refractivity contribution in [2.75, 3.05) is 37.5 Å². The van der Waals surface area contributed by atoms with Crippen LogP contribution in [0.3, 0.4) is 0 Å². The number of nitrogens with one attached hydrogen (secondary N) is 1. The van der Waals surface area contributed by atoms with Gasteiger partial charge in [-0.3, -0.25) is 4.79 Å². The Labute approximate surface area is 143 Å². The number of ether oxygens (including phenoxy) is 2. The van der Waals surface area contributed by atoms with E-state index in [1.807, 2.05) is 57.1 Å². The second-order valence-electron chi connectivity index (χ2n) is 5.39. The number of benzene rings is 2. The molecule has 24 heavy (non-hydrogen) atoms. The van der Waals surface area contributed by atoms with Gasteiger partial charge in [-0.2, -0.15) is 0 Å². The first-order valence-corrected chi connectivity index (χ1v) is 8.04. The van der Waals surface area contributed by atoms with Crippen molar-refractivity contribution in [1.29, 1.82) is 0 Å². The average Bonchev–Trinajstić information content (AvgIpc) is 2.57. The van der Waals surface area contributed by atoms with Crippen LogP contribution in [0.4, 0.5) is 11.4 Å². The van der Waals surface area contributed by atoms with Gasteiger partial charge in [0.1, 0.15) is 0 Å². The molecule has 0 aliphatic rings. The van der Waals surface area contributed by atoms with Crippen molar-refractivity contribution in [3.05, 3.63) is 48.0 Å². The first-order valence-electron chi connectivity index (χ1n) is 8.04. The number of amides is 1. The summed E-state index contributed by atoms with van der Waals surface area (Å²) in [7, 11) is 3.88. The van der Waals surface area contributed by atoms with Gasteiger partial charge in [-0.15, -0.1) is 0 Å². The van der Waals surface area contributed by atoms with Gasteiger partial charge in [-0.1, -0.05) is 12.1 Å². The van der Waals surface area contributed by atoms with E-state index in [0.29, 0.717) is 30.3 Å². The fourth-order valence-electron chi connectivity index (χ4n) is 2.36. The quantitative estimate of drug-likeness (QED) is 0.840. The predicted octanol–water partition coefficient (Wildman–Crippen LogP) is 3.80. The van der Waals surface area contributed by atoms with Crippen LogP contribution >= 0.6 is 0 Å². The number of hydrogen-bond donors (Lipinski definition) is 1. The molecule has 0 saturated carbocycles. The topological polar surface area (TPSA) is 50.8 Å². The fraction of sp³-hybridized carbons (Fsp3) is 0.316. The van der Waals surface area contributed by atoms with E-state index >= 15 is 0 Å². The molecule has 2 aromatic carbocycles. The van der Waals surface area contributed by atoms with Gasteiger partial charge < -0.3 is 19.7 Å². The summed E-state index contributed by atoms with van der Waals surface area (Å²) in [5.74, 6) is 1.03. The molecular weight excluding hydrogens is 304 g/mol. The molecule has 0 aliphatic carbocycles. The van der Waals surface area contributed by atoms with E-state index in [-0.39, 0.29) is 5.91 Å². The summed E-state index contributed by atoms with van der Waals surface area (Å²) in [6.07, 6.45) is 0. The standard InChI is InChI=1S/C19H24N2O3/c1-5-23-17-12-11-14(13-18(17)24-6-2)19(22)20-15-9-7-8-10-16(15)21(3)4/h7-13H,5-6H2,1-4H3,(H,20,22). The lowest BCUT2D eigenvalue weighted by atomic mass is 10.1. The van der Waals surface area contributed by atoms with Crippen molar-refractivity contribution in [1.82, 2.24) is 0 Å². The molecule has 0 bridgehead atoms. The number of para-hydroxylation sites is 2. The van der Waals surface area contributed by atoms with E-state index in [1.165, 1.54) is 0 Å². The van der Waals surface area contributed by atoms with Gasteiger partial charge in [-0.05, 0) is 44.2 Å². The molecule has 1 amide bonds. The number of hydrogen-bond acceptors (Lipinski definition) is 4. The third kappa shape index (κ3) is 4.19. The van der Waals surface area contributed by atoms with Crippen LogP contribution in [0.1, 0.15) is 24.2 Å². The van der Waals surface area contributed by atoms with Crippen molar-refractivity contribution >= 4 is 17.3 Å². The van der Waals surface area contributed by atoms with E-state index in [4.69, 9.17) is 9.47 Å².